The van der Waals surface area contributed by atoms with E-state index >= 15 is 0 Å². The summed E-state index contributed by atoms with van der Waals surface area (Å²) in [7, 11) is 1.40. The highest BCUT2D eigenvalue weighted by Gasteiger charge is 2.08. The Labute approximate surface area is 119 Å². The molecule has 0 unspecified atom stereocenters. The van der Waals surface area contributed by atoms with Crippen molar-refractivity contribution in [2.75, 3.05) is 19.0 Å². The fourth-order valence-electron chi connectivity index (χ4n) is 2.11. The van der Waals surface area contributed by atoms with Crippen LogP contribution in [0.5, 0.6) is 0 Å². The summed E-state index contributed by atoms with van der Waals surface area (Å²) in [5, 5.41) is 3.37. The lowest BCUT2D eigenvalue weighted by molar-refractivity contribution is 0.0600. The second-order valence-corrected chi connectivity index (χ2v) is 4.68. The predicted octanol–water partition coefficient (Wildman–Crippen LogP) is 3.44. The maximum absolute atomic E-state index is 11.5. The first-order valence-corrected chi connectivity index (χ1v) is 6.67. The van der Waals surface area contributed by atoms with Gasteiger partial charge in [-0.25, -0.2) is 4.79 Å². The normalized spacial score (nSPS) is 10.1. The standard InChI is InChI=1S/C17H19NO2/c1-13-12-15(8-9-16(13)17(19)20-2)18-11-10-14-6-4-3-5-7-14/h3-9,12,18H,10-11H2,1-2H3. The van der Waals surface area contributed by atoms with Gasteiger partial charge < -0.3 is 10.1 Å². The Morgan fingerprint density at radius 3 is 2.55 bits per heavy atom. The summed E-state index contributed by atoms with van der Waals surface area (Å²) in [6.07, 6.45) is 0.971. The van der Waals surface area contributed by atoms with Crippen LogP contribution in [-0.4, -0.2) is 19.6 Å². The lowest BCUT2D eigenvalue weighted by atomic mass is 10.1. The van der Waals surface area contributed by atoms with Crippen molar-refractivity contribution in [2.45, 2.75) is 13.3 Å². The third-order valence-corrected chi connectivity index (χ3v) is 3.22. The first-order chi connectivity index (χ1) is 9.70. The number of benzene rings is 2. The van der Waals surface area contributed by atoms with Gasteiger partial charge in [0.25, 0.3) is 0 Å². The zero-order valence-electron chi connectivity index (χ0n) is 11.8. The van der Waals surface area contributed by atoms with Gasteiger partial charge in [-0.2, -0.15) is 0 Å². The molecule has 0 aliphatic carbocycles. The summed E-state index contributed by atoms with van der Waals surface area (Å²) in [5.41, 5.74) is 3.86. The molecule has 20 heavy (non-hydrogen) atoms. The van der Waals surface area contributed by atoms with E-state index in [2.05, 4.69) is 17.4 Å². The van der Waals surface area contributed by atoms with Crippen LogP contribution in [0.15, 0.2) is 48.5 Å². The van der Waals surface area contributed by atoms with E-state index in [-0.39, 0.29) is 5.97 Å². The number of methoxy groups -OCH3 is 1. The van der Waals surface area contributed by atoms with Crippen LogP contribution < -0.4 is 5.32 Å². The molecule has 3 heteroatoms. The molecule has 104 valence electrons. The number of aryl methyl sites for hydroxylation is 1. The van der Waals surface area contributed by atoms with E-state index in [1.165, 1.54) is 12.7 Å². The smallest absolute Gasteiger partial charge is 0.338 e. The fourth-order valence-corrected chi connectivity index (χ4v) is 2.11. The Bertz CT molecular complexity index is 579. The Kier molecular flexibility index (Phi) is 4.77. The van der Waals surface area contributed by atoms with Crippen LogP contribution in [0, 0.1) is 6.92 Å². The Balaban J connectivity index is 1.94. The second kappa shape index (κ2) is 6.75. The fraction of sp³-hybridized carbons (Fsp3) is 0.235. The molecular weight excluding hydrogens is 250 g/mol. The zero-order valence-corrected chi connectivity index (χ0v) is 11.8. The maximum atomic E-state index is 11.5. The summed E-state index contributed by atoms with van der Waals surface area (Å²) in [6.45, 7) is 2.77. The van der Waals surface area contributed by atoms with E-state index in [1.54, 1.807) is 6.07 Å². The molecule has 3 nitrogen and oxygen atoms in total. The van der Waals surface area contributed by atoms with Gasteiger partial charge in [-0.1, -0.05) is 30.3 Å². The van der Waals surface area contributed by atoms with Gasteiger partial charge >= 0.3 is 5.97 Å². The summed E-state index contributed by atoms with van der Waals surface area (Å²) >= 11 is 0. The van der Waals surface area contributed by atoms with Crippen LogP contribution in [0.1, 0.15) is 21.5 Å². The molecule has 2 aromatic rings. The highest BCUT2D eigenvalue weighted by molar-refractivity contribution is 5.91. The highest BCUT2D eigenvalue weighted by atomic mass is 16.5. The molecule has 0 aromatic heterocycles. The molecule has 0 spiro atoms. The molecule has 0 radical (unpaired) electrons. The first kappa shape index (κ1) is 14.1. The first-order valence-electron chi connectivity index (χ1n) is 6.67. The lowest BCUT2D eigenvalue weighted by Crippen LogP contribution is -2.07. The topological polar surface area (TPSA) is 38.3 Å². The number of hydrogen-bond donors (Lipinski definition) is 1. The molecule has 0 bridgehead atoms. The third-order valence-electron chi connectivity index (χ3n) is 3.22. The summed E-state index contributed by atoms with van der Waals surface area (Å²) in [4.78, 5) is 11.5. The van der Waals surface area contributed by atoms with Gasteiger partial charge in [-0.05, 0) is 42.7 Å². The van der Waals surface area contributed by atoms with Crippen molar-refractivity contribution in [1.29, 1.82) is 0 Å². The van der Waals surface area contributed by atoms with Crippen LogP contribution in [0.25, 0.3) is 0 Å². The molecule has 0 saturated heterocycles. The minimum atomic E-state index is -0.293. The second-order valence-electron chi connectivity index (χ2n) is 4.68. The number of nitrogens with one attached hydrogen (secondary N) is 1. The predicted molar refractivity (Wildman–Crippen MR) is 81.2 cm³/mol. The molecule has 0 aliphatic rings. The van der Waals surface area contributed by atoms with E-state index in [9.17, 15) is 4.79 Å². The Morgan fingerprint density at radius 2 is 1.90 bits per heavy atom. The van der Waals surface area contributed by atoms with Crippen LogP contribution in [0.2, 0.25) is 0 Å². The highest BCUT2D eigenvalue weighted by Crippen LogP contribution is 2.16. The summed E-state index contributed by atoms with van der Waals surface area (Å²) < 4.78 is 4.74. The zero-order chi connectivity index (χ0) is 14.4. The molecule has 0 amide bonds. The molecule has 0 aliphatic heterocycles. The third kappa shape index (κ3) is 3.60. The van der Waals surface area contributed by atoms with Crippen molar-refractivity contribution >= 4 is 11.7 Å². The molecule has 2 aromatic carbocycles. The SMILES string of the molecule is COC(=O)c1ccc(NCCc2ccccc2)cc1C. The van der Waals surface area contributed by atoms with Gasteiger partial charge in [0.15, 0.2) is 0 Å². The number of rotatable bonds is 5. The average molecular weight is 269 g/mol. The molecule has 0 fully saturated rings. The van der Waals surface area contributed by atoms with Gasteiger partial charge in [0.1, 0.15) is 0 Å². The number of carbonyl (C=O) groups excluding carboxylic acids is 1. The molecule has 0 heterocycles. The summed E-state index contributed by atoms with van der Waals surface area (Å²) in [5.74, 6) is -0.293. The van der Waals surface area contributed by atoms with Crippen molar-refractivity contribution in [2.24, 2.45) is 0 Å². The minimum Gasteiger partial charge on any atom is -0.465 e. The average Bonchev–Trinajstić information content (AvgIpc) is 2.48. The lowest BCUT2D eigenvalue weighted by Gasteiger charge is -2.09. The molecular formula is C17H19NO2. The van der Waals surface area contributed by atoms with E-state index in [0.29, 0.717) is 5.56 Å². The number of ether oxygens (including phenoxy) is 1. The van der Waals surface area contributed by atoms with Gasteiger partial charge in [0.2, 0.25) is 0 Å². The van der Waals surface area contributed by atoms with E-state index in [1.807, 2.05) is 37.3 Å². The van der Waals surface area contributed by atoms with Gasteiger partial charge in [-0.15, -0.1) is 0 Å². The van der Waals surface area contributed by atoms with E-state index in [0.717, 1.165) is 24.2 Å². The monoisotopic (exact) mass is 269 g/mol. The van der Waals surface area contributed by atoms with Gasteiger partial charge in [0.05, 0.1) is 12.7 Å². The van der Waals surface area contributed by atoms with Crippen LogP contribution in [0.4, 0.5) is 5.69 Å². The van der Waals surface area contributed by atoms with Crippen molar-refractivity contribution in [3.05, 3.63) is 65.2 Å². The van der Waals surface area contributed by atoms with Crippen LogP contribution in [-0.2, 0) is 11.2 Å². The van der Waals surface area contributed by atoms with Crippen molar-refractivity contribution < 1.29 is 9.53 Å². The largest absolute Gasteiger partial charge is 0.465 e. The van der Waals surface area contributed by atoms with Gasteiger partial charge in [-0.3, -0.25) is 0 Å². The molecule has 1 N–H and O–H groups in total. The van der Waals surface area contributed by atoms with Crippen molar-refractivity contribution in [1.82, 2.24) is 0 Å². The van der Waals surface area contributed by atoms with E-state index < -0.39 is 0 Å². The number of hydrogen-bond acceptors (Lipinski definition) is 3. The van der Waals surface area contributed by atoms with Crippen molar-refractivity contribution in [3.8, 4) is 0 Å². The van der Waals surface area contributed by atoms with Crippen LogP contribution in [0.3, 0.4) is 0 Å². The Hall–Kier alpha value is -2.29. The van der Waals surface area contributed by atoms with Gasteiger partial charge in [0, 0.05) is 12.2 Å². The molecule has 2 rings (SSSR count). The summed E-state index contributed by atoms with van der Waals surface area (Å²) in [6, 6.07) is 16.0. The number of esters is 1. The minimum absolute atomic E-state index is 0.293. The molecule has 0 atom stereocenters. The van der Waals surface area contributed by atoms with Crippen LogP contribution >= 0.6 is 0 Å². The van der Waals surface area contributed by atoms with Crippen molar-refractivity contribution in [3.63, 3.8) is 0 Å². The molecule has 0 saturated carbocycles. The Morgan fingerprint density at radius 1 is 1.15 bits per heavy atom. The maximum Gasteiger partial charge on any atom is 0.338 e. The van der Waals surface area contributed by atoms with E-state index in [4.69, 9.17) is 4.74 Å². The number of anilines is 1. The quantitative estimate of drug-likeness (QED) is 0.845. The number of carbonyl (C=O) groups is 1.